The lowest BCUT2D eigenvalue weighted by Gasteiger charge is -2.27. The molecule has 1 aromatic carbocycles. The molecule has 0 bridgehead atoms. The second kappa shape index (κ2) is 6.73. The van der Waals surface area contributed by atoms with Gasteiger partial charge in [-0.15, -0.1) is 0 Å². The van der Waals surface area contributed by atoms with Gasteiger partial charge >= 0.3 is 0 Å². The van der Waals surface area contributed by atoms with Gasteiger partial charge in [0.1, 0.15) is 5.82 Å². The Labute approximate surface area is 119 Å². The lowest BCUT2D eigenvalue weighted by molar-refractivity contribution is 0.0942. The van der Waals surface area contributed by atoms with E-state index in [-0.39, 0.29) is 11.6 Å². The summed E-state index contributed by atoms with van der Waals surface area (Å²) in [6, 6.07) is 3.88. The van der Waals surface area contributed by atoms with Crippen LogP contribution in [-0.4, -0.2) is 12.5 Å². The van der Waals surface area contributed by atoms with E-state index in [4.69, 9.17) is 5.73 Å². The minimum absolute atomic E-state index is 0.192. The molecule has 0 saturated heterocycles. The summed E-state index contributed by atoms with van der Waals surface area (Å²) in [4.78, 5) is 12.0. The maximum atomic E-state index is 12.9. The summed E-state index contributed by atoms with van der Waals surface area (Å²) in [5.74, 6) is 0.787. The molecule has 3 N–H and O–H groups in total. The van der Waals surface area contributed by atoms with Crippen molar-refractivity contribution in [3.63, 3.8) is 0 Å². The number of nitrogens with one attached hydrogen (secondary N) is 1. The molecule has 0 radical (unpaired) electrons. The van der Waals surface area contributed by atoms with Crippen molar-refractivity contribution in [2.45, 2.75) is 39.0 Å². The summed E-state index contributed by atoms with van der Waals surface area (Å²) in [5.41, 5.74) is 6.21. The van der Waals surface area contributed by atoms with Crippen LogP contribution in [0.15, 0.2) is 18.2 Å². The quantitative estimate of drug-likeness (QED) is 0.830. The summed E-state index contributed by atoms with van der Waals surface area (Å²) >= 11 is 0. The lowest BCUT2D eigenvalue weighted by Crippen LogP contribution is -2.31. The van der Waals surface area contributed by atoms with Crippen molar-refractivity contribution in [2.24, 2.45) is 11.8 Å². The Bertz CT molecular complexity index is 468. The Hall–Kier alpha value is -1.58. The Morgan fingerprint density at radius 2 is 1.95 bits per heavy atom. The van der Waals surface area contributed by atoms with Crippen LogP contribution in [0.1, 0.15) is 49.4 Å². The predicted octanol–water partition coefficient (Wildman–Crippen LogP) is 3.35. The van der Waals surface area contributed by atoms with Gasteiger partial charge in [0.2, 0.25) is 0 Å². The highest BCUT2D eigenvalue weighted by Gasteiger charge is 2.20. The van der Waals surface area contributed by atoms with Gasteiger partial charge in [0, 0.05) is 12.2 Å². The molecule has 2 rings (SSSR count). The van der Waals surface area contributed by atoms with Crippen molar-refractivity contribution < 1.29 is 9.18 Å². The molecule has 0 spiro atoms. The maximum absolute atomic E-state index is 12.9. The average molecular weight is 278 g/mol. The van der Waals surface area contributed by atoms with Gasteiger partial charge in [-0.1, -0.05) is 26.2 Å². The van der Waals surface area contributed by atoms with Crippen LogP contribution in [0.3, 0.4) is 0 Å². The standard InChI is InChI=1S/C16H23FN2O/c1-2-11-3-5-12(6-4-11)10-19-16(20)14-8-7-13(17)9-15(14)18/h7-9,11-12H,2-6,10,18H2,1H3,(H,19,20). The number of nitrogen functional groups attached to an aromatic ring is 1. The van der Waals surface area contributed by atoms with Gasteiger partial charge < -0.3 is 11.1 Å². The SMILES string of the molecule is CCC1CCC(CNC(=O)c2ccc(F)cc2N)CC1. The molecule has 1 fully saturated rings. The molecule has 4 heteroatoms. The Kier molecular flexibility index (Phi) is 4.99. The first-order valence-corrected chi connectivity index (χ1v) is 7.43. The fourth-order valence-electron chi connectivity index (χ4n) is 2.92. The van der Waals surface area contributed by atoms with Crippen LogP contribution in [0.4, 0.5) is 10.1 Å². The molecule has 0 atom stereocenters. The Morgan fingerprint density at radius 1 is 1.30 bits per heavy atom. The number of amides is 1. The molecule has 1 aromatic rings. The smallest absolute Gasteiger partial charge is 0.253 e. The third-order valence-electron chi connectivity index (χ3n) is 4.35. The highest BCUT2D eigenvalue weighted by atomic mass is 19.1. The summed E-state index contributed by atoms with van der Waals surface area (Å²) in [6.45, 7) is 2.93. The van der Waals surface area contributed by atoms with Gasteiger partial charge in [0.25, 0.3) is 5.91 Å². The number of hydrogen-bond donors (Lipinski definition) is 2. The fourth-order valence-corrected chi connectivity index (χ4v) is 2.92. The van der Waals surface area contributed by atoms with Gasteiger partial charge in [-0.25, -0.2) is 4.39 Å². The molecule has 1 aliphatic rings. The zero-order valence-corrected chi connectivity index (χ0v) is 12.0. The predicted molar refractivity (Wildman–Crippen MR) is 78.9 cm³/mol. The molecule has 1 amide bonds. The van der Waals surface area contributed by atoms with Crippen LogP contribution in [0.2, 0.25) is 0 Å². The molecule has 1 saturated carbocycles. The van der Waals surface area contributed by atoms with Gasteiger partial charge in [-0.05, 0) is 42.9 Å². The number of nitrogens with two attached hydrogens (primary N) is 1. The van der Waals surface area contributed by atoms with Crippen molar-refractivity contribution in [3.8, 4) is 0 Å². The number of hydrogen-bond acceptors (Lipinski definition) is 2. The van der Waals surface area contributed by atoms with E-state index in [9.17, 15) is 9.18 Å². The fraction of sp³-hybridized carbons (Fsp3) is 0.562. The lowest BCUT2D eigenvalue weighted by atomic mass is 9.81. The van der Waals surface area contributed by atoms with Gasteiger partial charge in [-0.3, -0.25) is 4.79 Å². The normalized spacial score (nSPS) is 22.5. The summed E-state index contributed by atoms with van der Waals surface area (Å²) in [5, 5.41) is 2.92. The van der Waals surface area contributed by atoms with Crippen molar-refractivity contribution >= 4 is 11.6 Å². The third kappa shape index (κ3) is 3.71. The van der Waals surface area contributed by atoms with Crippen LogP contribution in [-0.2, 0) is 0 Å². The molecular weight excluding hydrogens is 255 g/mol. The molecule has 0 aromatic heterocycles. The molecule has 0 unspecified atom stereocenters. The van der Waals surface area contributed by atoms with E-state index in [0.717, 1.165) is 5.92 Å². The summed E-state index contributed by atoms with van der Waals surface area (Å²) in [6.07, 6.45) is 6.13. The first-order chi connectivity index (χ1) is 9.60. The zero-order valence-electron chi connectivity index (χ0n) is 12.0. The summed E-state index contributed by atoms with van der Waals surface area (Å²) < 4.78 is 12.9. The average Bonchev–Trinajstić information content (AvgIpc) is 2.45. The number of benzene rings is 1. The Morgan fingerprint density at radius 3 is 2.55 bits per heavy atom. The second-order valence-corrected chi connectivity index (χ2v) is 5.74. The number of carbonyl (C=O) groups is 1. The third-order valence-corrected chi connectivity index (χ3v) is 4.35. The number of anilines is 1. The van der Waals surface area contributed by atoms with Crippen LogP contribution in [0, 0.1) is 17.7 Å². The van der Waals surface area contributed by atoms with Crippen LogP contribution < -0.4 is 11.1 Å². The van der Waals surface area contributed by atoms with Crippen molar-refractivity contribution in [1.29, 1.82) is 0 Å². The topological polar surface area (TPSA) is 55.1 Å². The van der Waals surface area contributed by atoms with Crippen molar-refractivity contribution in [1.82, 2.24) is 5.32 Å². The molecule has 1 aliphatic carbocycles. The van der Waals surface area contributed by atoms with E-state index in [0.29, 0.717) is 18.0 Å². The highest BCUT2D eigenvalue weighted by molar-refractivity contribution is 5.99. The monoisotopic (exact) mass is 278 g/mol. The van der Waals surface area contributed by atoms with Crippen molar-refractivity contribution in [2.75, 3.05) is 12.3 Å². The minimum Gasteiger partial charge on any atom is -0.398 e. The number of rotatable bonds is 4. The van der Waals surface area contributed by atoms with Gasteiger partial charge in [-0.2, -0.15) is 0 Å². The Balaban J connectivity index is 1.83. The molecule has 0 heterocycles. The molecule has 3 nitrogen and oxygen atoms in total. The first kappa shape index (κ1) is 14.8. The van der Waals surface area contributed by atoms with Crippen LogP contribution in [0.5, 0.6) is 0 Å². The molecule has 110 valence electrons. The molecule has 20 heavy (non-hydrogen) atoms. The number of halogens is 1. The minimum atomic E-state index is -0.420. The first-order valence-electron chi connectivity index (χ1n) is 7.43. The van der Waals surface area contributed by atoms with Gasteiger partial charge in [0.15, 0.2) is 0 Å². The zero-order chi connectivity index (χ0) is 14.5. The molecular formula is C16H23FN2O. The largest absolute Gasteiger partial charge is 0.398 e. The van der Waals surface area contributed by atoms with Crippen LogP contribution in [0.25, 0.3) is 0 Å². The van der Waals surface area contributed by atoms with E-state index < -0.39 is 5.82 Å². The van der Waals surface area contributed by atoms with E-state index in [1.165, 1.54) is 50.3 Å². The second-order valence-electron chi connectivity index (χ2n) is 5.74. The summed E-state index contributed by atoms with van der Waals surface area (Å²) in [7, 11) is 0. The van der Waals surface area contributed by atoms with E-state index in [2.05, 4.69) is 12.2 Å². The van der Waals surface area contributed by atoms with Crippen molar-refractivity contribution in [3.05, 3.63) is 29.6 Å². The maximum Gasteiger partial charge on any atom is 0.253 e. The van der Waals surface area contributed by atoms with Gasteiger partial charge in [0.05, 0.1) is 5.56 Å². The van der Waals surface area contributed by atoms with E-state index >= 15 is 0 Å². The number of carbonyl (C=O) groups excluding carboxylic acids is 1. The van der Waals surface area contributed by atoms with E-state index in [1.54, 1.807) is 0 Å². The highest BCUT2D eigenvalue weighted by Crippen LogP contribution is 2.30. The molecule has 0 aliphatic heterocycles. The van der Waals surface area contributed by atoms with E-state index in [1.807, 2.05) is 0 Å². The van der Waals surface area contributed by atoms with Crippen LogP contribution >= 0.6 is 0 Å².